The number of carbonyl (C=O) groups is 1. The smallest absolute Gasteiger partial charge is 0.416 e. The summed E-state index contributed by atoms with van der Waals surface area (Å²) >= 11 is 11.8. The Kier molecular flexibility index (Phi) is 4.69. The number of esters is 1. The van der Waals surface area contributed by atoms with Gasteiger partial charge in [0.1, 0.15) is 17.1 Å². The summed E-state index contributed by atoms with van der Waals surface area (Å²) in [5.41, 5.74) is 4.25. The average Bonchev–Trinajstić information content (AvgIpc) is 2.81. The molecule has 1 aromatic heterocycles. The Morgan fingerprint density at radius 2 is 1.92 bits per heavy atom. The van der Waals surface area contributed by atoms with Crippen LogP contribution in [0.1, 0.15) is 21.6 Å². The number of hydrogen-bond donors (Lipinski definition) is 1. The molecule has 0 unspecified atom stereocenters. The summed E-state index contributed by atoms with van der Waals surface area (Å²) in [5.74, 6) is 1.11. The van der Waals surface area contributed by atoms with Gasteiger partial charge in [0.05, 0.1) is 22.7 Å². The van der Waals surface area contributed by atoms with Crippen molar-refractivity contribution in [2.45, 2.75) is 6.18 Å². The van der Waals surface area contributed by atoms with Gasteiger partial charge in [0.2, 0.25) is 0 Å². The van der Waals surface area contributed by atoms with Gasteiger partial charge in [-0.25, -0.2) is 9.48 Å². The highest BCUT2D eigenvalue weighted by Crippen LogP contribution is 2.38. The number of nitrogens with zero attached hydrogens (tertiary/aromatic N) is 2. The lowest BCUT2D eigenvalue weighted by atomic mass is 10.2. The molecular formula is C14H8Cl2F3N3O2. The van der Waals surface area contributed by atoms with Crippen LogP contribution in [0.2, 0.25) is 10.0 Å². The number of terminal acetylenes is 1. The maximum atomic E-state index is 12.8. The number of anilines is 1. The molecular weight excluding hydrogens is 370 g/mol. The van der Waals surface area contributed by atoms with E-state index < -0.39 is 17.7 Å². The number of nitrogen functional groups attached to an aromatic ring is 1. The molecule has 126 valence electrons. The number of hydrogen-bond acceptors (Lipinski definition) is 4. The first-order valence-corrected chi connectivity index (χ1v) is 6.87. The molecule has 0 aliphatic heterocycles. The maximum absolute atomic E-state index is 12.8. The predicted molar refractivity (Wildman–Crippen MR) is 82.3 cm³/mol. The first kappa shape index (κ1) is 18.0. The minimum atomic E-state index is -4.64. The van der Waals surface area contributed by atoms with Crippen molar-refractivity contribution in [2.24, 2.45) is 0 Å². The van der Waals surface area contributed by atoms with Crippen LogP contribution < -0.4 is 5.73 Å². The molecule has 2 rings (SSSR count). The van der Waals surface area contributed by atoms with Crippen molar-refractivity contribution in [1.29, 1.82) is 0 Å². The van der Waals surface area contributed by atoms with Crippen LogP contribution in [-0.4, -0.2) is 22.9 Å². The number of nitrogens with two attached hydrogens (primary N) is 1. The Bertz CT molecular complexity index is 846. The molecule has 0 aliphatic rings. The molecule has 0 radical (unpaired) electrons. The molecule has 10 heteroatoms. The lowest BCUT2D eigenvalue weighted by molar-refractivity contribution is -0.137. The van der Waals surface area contributed by atoms with E-state index in [0.717, 1.165) is 11.8 Å². The molecule has 0 amide bonds. The van der Waals surface area contributed by atoms with E-state index in [1.807, 2.05) is 0 Å². The Morgan fingerprint density at radius 3 is 2.33 bits per heavy atom. The van der Waals surface area contributed by atoms with E-state index in [9.17, 15) is 18.0 Å². The fourth-order valence-corrected chi connectivity index (χ4v) is 2.56. The summed E-state index contributed by atoms with van der Waals surface area (Å²) in [6, 6.07) is 1.33. The third kappa shape index (κ3) is 3.00. The van der Waals surface area contributed by atoms with Gasteiger partial charge in [-0.15, -0.1) is 6.42 Å². The molecule has 0 aliphatic carbocycles. The fourth-order valence-electron chi connectivity index (χ4n) is 1.91. The van der Waals surface area contributed by atoms with Gasteiger partial charge in [0.25, 0.3) is 0 Å². The minimum absolute atomic E-state index is 0.0890. The molecule has 0 bridgehead atoms. The molecule has 2 N–H and O–H groups in total. The monoisotopic (exact) mass is 377 g/mol. The van der Waals surface area contributed by atoms with Crippen LogP contribution in [-0.2, 0) is 10.9 Å². The van der Waals surface area contributed by atoms with Crippen LogP contribution in [0.15, 0.2) is 12.1 Å². The van der Waals surface area contributed by atoms with E-state index in [1.54, 1.807) is 0 Å². The normalized spacial score (nSPS) is 11.2. The molecule has 0 fully saturated rings. The van der Waals surface area contributed by atoms with Gasteiger partial charge < -0.3 is 10.5 Å². The zero-order valence-corrected chi connectivity index (χ0v) is 13.4. The van der Waals surface area contributed by atoms with Crippen LogP contribution >= 0.6 is 23.2 Å². The molecule has 5 nitrogen and oxygen atoms in total. The fraction of sp³-hybridized carbons (Fsp3) is 0.143. The van der Waals surface area contributed by atoms with Gasteiger partial charge in [0.15, 0.2) is 5.69 Å². The van der Waals surface area contributed by atoms with Crippen molar-refractivity contribution in [3.63, 3.8) is 0 Å². The third-order valence-corrected chi connectivity index (χ3v) is 3.58. The largest absolute Gasteiger partial charge is 0.464 e. The lowest BCUT2D eigenvalue weighted by Crippen LogP contribution is -2.09. The number of carbonyl (C=O) groups excluding carboxylic acids is 1. The van der Waals surface area contributed by atoms with Gasteiger partial charge in [-0.2, -0.15) is 18.3 Å². The first-order chi connectivity index (χ1) is 11.1. The average molecular weight is 378 g/mol. The highest BCUT2D eigenvalue weighted by Gasteiger charge is 2.33. The van der Waals surface area contributed by atoms with Crippen LogP contribution in [0.3, 0.4) is 0 Å². The molecule has 0 spiro atoms. The number of halogens is 5. The summed E-state index contributed by atoms with van der Waals surface area (Å²) in [5, 5.41) is 3.12. The second kappa shape index (κ2) is 6.26. The third-order valence-electron chi connectivity index (χ3n) is 3.00. The van der Waals surface area contributed by atoms with E-state index in [4.69, 9.17) is 35.4 Å². The van der Waals surface area contributed by atoms with Crippen molar-refractivity contribution in [2.75, 3.05) is 12.8 Å². The lowest BCUT2D eigenvalue weighted by Gasteiger charge is -2.13. The van der Waals surface area contributed by atoms with Crippen molar-refractivity contribution in [1.82, 2.24) is 9.78 Å². The van der Waals surface area contributed by atoms with Gasteiger partial charge >= 0.3 is 12.1 Å². The summed E-state index contributed by atoms with van der Waals surface area (Å²) in [6.07, 6.45) is 0.651. The maximum Gasteiger partial charge on any atom is 0.416 e. The predicted octanol–water partition coefficient (Wildman–Crippen LogP) is 3.55. The number of alkyl halides is 3. The Hall–Kier alpha value is -2.37. The number of rotatable bonds is 2. The summed E-state index contributed by atoms with van der Waals surface area (Å²) in [4.78, 5) is 11.7. The quantitative estimate of drug-likeness (QED) is 0.641. The van der Waals surface area contributed by atoms with Crippen molar-refractivity contribution in [3.05, 3.63) is 39.0 Å². The topological polar surface area (TPSA) is 70.1 Å². The van der Waals surface area contributed by atoms with Crippen LogP contribution in [0.25, 0.3) is 5.69 Å². The van der Waals surface area contributed by atoms with Crippen molar-refractivity contribution in [3.8, 4) is 18.0 Å². The molecule has 1 aromatic carbocycles. The Labute approximate surface area is 144 Å². The van der Waals surface area contributed by atoms with E-state index in [0.29, 0.717) is 12.1 Å². The summed E-state index contributed by atoms with van der Waals surface area (Å²) < 4.78 is 43.8. The highest BCUT2D eigenvalue weighted by atomic mass is 35.5. The van der Waals surface area contributed by atoms with Crippen molar-refractivity contribution >= 4 is 35.0 Å². The van der Waals surface area contributed by atoms with Gasteiger partial charge in [-0.05, 0) is 12.1 Å². The zero-order valence-electron chi connectivity index (χ0n) is 11.9. The van der Waals surface area contributed by atoms with E-state index >= 15 is 0 Å². The number of aromatic nitrogens is 2. The second-order valence-corrected chi connectivity index (χ2v) is 5.26. The van der Waals surface area contributed by atoms with Gasteiger partial charge in [-0.3, -0.25) is 0 Å². The summed E-state index contributed by atoms with van der Waals surface area (Å²) in [6.45, 7) is 0. The number of benzene rings is 1. The van der Waals surface area contributed by atoms with E-state index in [2.05, 4.69) is 15.8 Å². The Balaban J connectivity index is 2.72. The zero-order chi connectivity index (χ0) is 18.2. The van der Waals surface area contributed by atoms with Gasteiger partial charge in [0, 0.05) is 0 Å². The molecule has 0 saturated heterocycles. The SMILES string of the molecule is C#Cc1c(C(=O)OC)nn(-c2c(Cl)cc(C(F)(F)F)cc2Cl)c1N. The molecule has 2 aromatic rings. The minimum Gasteiger partial charge on any atom is -0.464 e. The molecule has 0 atom stereocenters. The highest BCUT2D eigenvalue weighted by molar-refractivity contribution is 6.38. The van der Waals surface area contributed by atoms with E-state index in [1.165, 1.54) is 0 Å². The number of ether oxygens (including phenoxy) is 1. The van der Waals surface area contributed by atoms with Gasteiger partial charge in [-0.1, -0.05) is 29.1 Å². The first-order valence-electron chi connectivity index (χ1n) is 6.11. The molecule has 0 saturated carbocycles. The molecule has 24 heavy (non-hydrogen) atoms. The standard InChI is InChI=1S/C14H8Cl2F3N3O2/c1-3-7-10(13(23)24-2)21-22(12(7)20)11-8(15)4-6(5-9(11)16)14(17,18)19/h1,4-5H,20H2,2H3. The van der Waals surface area contributed by atoms with E-state index in [-0.39, 0.29) is 32.8 Å². The Morgan fingerprint density at radius 1 is 1.38 bits per heavy atom. The molecule has 1 heterocycles. The van der Waals surface area contributed by atoms with Crippen LogP contribution in [0, 0.1) is 12.3 Å². The van der Waals surface area contributed by atoms with Crippen LogP contribution in [0.5, 0.6) is 0 Å². The van der Waals surface area contributed by atoms with Crippen LogP contribution in [0.4, 0.5) is 19.0 Å². The summed E-state index contributed by atoms with van der Waals surface area (Å²) in [7, 11) is 1.11. The van der Waals surface area contributed by atoms with Crippen molar-refractivity contribution < 1.29 is 22.7 Å². The number of methoxy groups -OCH3 is 1. The second-order valence-electron chi connectivity index (χ2n) is 4.44.